The second-order valence-electron chi connectivity index (χ2n) is 4.12. The Morgan fingerprint density at radius 2 is 1.80 bits per heavy atom. The lowest BCUT2D eigenvalue weighted by Crippen LogP contribution is -2.04. The second-order valence-corrected chi connectivity index (χ2v) is 4.12. The number of fused-ring (bicyclic) bond motifs is 4. The van der Waals surface area contributed by atoms with Crippen LogP contribution >= 0.6 is 0 Å². The number of rotatable bonds is 0. The van der Waals surface area contributed by atoms with E-state index in [4.69, 9.17) is 0 Å². The number of hydrogen-bond acceptors (Lipinski definition) is 1. The van der Waals surface area contributed by atoms with Crippen molar-refractivity contribution in [1.29, 1.82) is 0 Å². The number of nitrogens with one attached hydrogen (secondary N) is 1. The molecule has 0 atom stereocenters. The van der Waals surface area contributed by atoms with Gasteiger partial charge in [-0.3, -0.25) is 0 Å². The first kappa shape index (κ1) is 8.54. The topological polar surface area (TPSA) is 12.0 Å². The van der Waals surface area contributed by atoms with Crippen LogP contribution in [0.3, 0.4) is 0 Å². The molecule has 1 heterocycles. The third-order valence-electron chi connectivity index (χ3n) is 3.16. The van der Waals surface area contributed by atoms with E-state index in [9.17, 15) is 0 Å². The predicted molar refractivity (Wildman–Crippen MR) is 65.8 cm³/mol. The van der Waals surface area contributed by atoms with Gasteiger partial charge in [0.1, 0.15) is 0 Å². The summed E-state index contributed by atoms with van der Waals surface area (Å²) in [4.78, 5) is 0. The Kier molecular flexibility index (Phi) is 1.63. The molecule has 74 valence electrons. The molecule has 1 aliphatic rings. The van der Waals surface area contributed by atoms with Crippen molar-refractivity contribution in [2.75, 3.05) is 5.32 Å². The maximum Gasteiger partial charge on any atom is 0.0394 e. The van der Waals surface area contributed by atoms with Gasteiger partial charge < -0.3 is 5.32 Å². The maximum atomic E-state index is 3.40. The first-order valence-electron chi connectivity index (χ1n) is 5.23. The van der Waals surface area contributed by atoms with Crippen molar-refractivity contribution in [3.63, 3.8) is 0 Å². The minimum Gasteiger partial charge on any atom is -0.359 e. The molecule has 0 saturated carbocycles. The first-order valence-corrected chi connectivity index (χ1v) is 5.23. The van der Waals surface area contributed by atoms with E-state index in [-0.39, 0.29) is 0 Å². The van der Waals surface area contributed by atoms with Gasteiger partial charge in [0.2, 0.25) is 0 Å². The van der Waals surface area contributed by atoms with E-state index in [0.717, 1.165) is 0 Å². The lowest BCUT2D eigenvalue weighted by molar-refractivity contribution is 1.33. The van der Waals surface area contributed by atoms with Gasteiger partial charge in [0, 0.05) is 11.4 Å². The highest BCUT2D eigenvalue weighted by molar-refractivity contribution is 5.99. The maximum absolute atomic E-state index is 3.40. The first-order chi connectivity index (χ1) is 7.25. The molecular weight excluding hydrogens is 182 g/mol. The van der Waals surface area contributed by atoms with Crippen LogP contribution in [0.5, 0.6) is 0 Å². The SMILES string of the molecule is CC1=C(C)c2cc(cc3ccccc23)N1. The Hall–Kier alpha value is -1.76. The zero-order valence-corrected chi connectivity index (χ0v) is 8.96. The molecule has 0 spiro atoms. The van der Waals surface area contributed by atoms with Gasteiger partial charge in [-0.25, -0.2) is 0 Å². The minimum atomic E-state index is 1.20. The standard InChI is InChI=1S/C14H13N/c1-9-10(2)15-12-7-11-5-3-4-6-13(11)14(9)8-12/h3-8,15H,1-2H3. The summed E-state index contributed by atoms with van der Waals surface area (Å²) in [5, 5.41) is 6.06. The van der Waals surface area contributed by atoms with Crippen molar-refractivity contribution in [2.45, 2.75) is 13.8 Å². The Labute approximate surface area is 89.4 Å². The van der Waals surface area contributed by atoms with Crippen molar-refractivity contribution in [2.24, 2.45) is 0 Å². The van der Waals surface area contributed by atoms with E-state index < -0.39 is 0 Å². The summed E-state index contributed by atoms with van der Waals surface area (Å²) in [5.41, 5.74) is 5.17. The molecule has 0 unspecified atom stereocenters. The molecule has 1 nitrogen and oxygen atoms in total. The monoisotopic (exact) mass is 195 g/mol. The molecule has 0 saturated heterocycles. The van der Waals surface area contributed by atoms with Gasteiger partial charge in [-0.05, 0) is 47.9 Å². The zero-order chi connectivity index (χ0) is 10.4. The molecule has 15 heavy (non-hydrogen) atoms. The highest BCUT2D eigenvalue weighted by Gasteiger charge is 2.12. The van der Waals surface area contributed by atoms with E-state index in [1.54, 1.807) is 0 Å². The predicted octanol–water partition coefficient (Wildman–Crippen LogP) is 4.02. The van der Waals surface area contributed by atoms with Crippen molar-refractivity contribution < 1.29 is 0 Å². The highest BCUT2D eigenvalue weighted by Crippen LogP contribution is 2.34. The van der Waals surface area contributed by atoms with Crippen LogP contribution < -0.4 is 5.32 Å². The number of anilines is 1. The van der Waals surface area contributed by atoms with Gasteiger partial charge >= 0.3 is 0 Å². The van der Waals surface area contributed by atoms with Crippen LogP contribution in [0.2, 0.25) is 0 Å². The Bertz CT molecular complexity index is 579. The average molecular weight is 195 g/mol. The molecule has 2 bridgehead atoms. The van der Waals surface area contributed by atoms with Gasteiger partial charge in [0.15, 0.2) is 0 Å². The van der Waals surface area contributed by atoms with Crippen molar-refractivity contribution >= 4 is 22.0 Å². The van der Waals surface area contributed by atoms with E-state index >= 15 is 0 Å². The lowest BCUT2D eigenvalue weighted by atomic mass is 9.94. The number of hydrogen-bond donors (Lipinski definition) is 1. The molecule has 0 amide bonds. The molecule has 1 heteroatoms. The van der Waals surface area contributed by atoms with Gasteiger partial charge in [-0.1, -0.05) is 24.3 Å². The molecule has 0 aliphatic carbocycles. The second kappa shape index (κ2) is 2.86. The Balaban J connectivity index is 2.45. The van der Waals surface area contributed by atoms with E-state index in [1.807, 2.05) is 0 Å². The molecule has 1 N–H and O–H groups in total. The molecule has 0 fully saturated rings. The third-order valence-corrected chi connectivity index (χ3v) is 3.16. The molecule has 0 radical (unpaired) electrons. The molecule has 3 rings (SSSR count). The van der Waals surface area contributed by atoms with Gasteiger partial charge in [0.25, 0.3) is 0 Å². The summed E-state index contributed by atoms with van der Waals surface area (Å²) in [7, 11) is 0. The number of benzene rings is 2. The summed E-state index contributed by atoms with van der Waals surface area (Å²) < 4.78 is 0. The lowest BCUT2D eigenvalue weighted by Gasteiger charge is -2.20. The smallest absolute Gasteiger partial charge is 0.0394 e. The fraction of sp³-hybridized carbons (Fsp3) is 0.143. The van der Waals surface area contributed by atoms with Crippen LogP contribution in [-0.4, -0.2) is 0 Å². The van der Waals surface area contributed by atoms with Crippen molar-refractivity contribution in [3.05, 3.63) is 47.7 Å². The van der Waals surface area contributed by atoms with Crippen LogP contribution in [0, 0.1) is 0 Å². The molecule has 2 aromatic carbocycles. The van der Waals surface area contributed by atoms with E-state index in [1.165, 1.54) is 33.3 Å². The summed E-state index contributed by atoms with van der Waals surface area (Å²) in [6.45, 7) is 4.30. The number of allylic oxidation sites excluding steroid dienone is 2. The molecule has 0 aromatic heterocycles. The van der Waals surface area contributed by atoms with Crippen LogP contribution in [0.25, 0.3) is 16.3 Å². The Morgan fingerprint density at radius 1 is 1.00 bits per heavy atom. The van der Waals surface area contributed by atoms with Crippen LogP contribution in [0.15, 0.2) is 42.1 Å². The normalized spacial score (nSPS) is 14.3. The fourth-order valence-electron chi connectivity index (χ4n) is 2.21. The summed E-state index contributed by atoms with van der Waals surface area (Å²) in [5.74, 6) is 0. The quantitative estimate of drug-likeness (QED) is 0.669. The highest BCUT2D eigenvalue weighted by atomic mass is 14.9. The van der Waals surface area contributed by atoms with E-state index in [2.05, 4.69) is 55.6 Å². The van der Waals surface area contributed by atoms with Gasteiger partial charge in [-0.15, -0.1) is 0 Å². The summed E-state index contributed by atoms with van der Waals surface area (Å²) in [6, 6.07) is 13.0. The van der Waals surface area contributed by atoms with Crippen LogP contribution in [0.4, 0.5) is 5.69 Å². The third kappa shape index (κ3) is 1.16. The largest absolute Gasteiger partial charge is 0.359 e. The van der Waals surface area contributed by atoms with Gasteiger partial charge in [-0.2, -0.15) is 0 Å². The average Bonchev–Trinajstić information content (AvgIpc) is 2.25. The van der Waals surface area contributed by atoms with Crippen molar-refractivity contribution in [1.82, 2.24) is 0 Å². The van der Waals surface area contributed by atoms with Crippen molar-refractivity contribution in [3.8, 4) is 0 Å². The summed E-state index contributed by atoms with van der Waals surface area (Å²) >= 11 is 0. The van der Waals surface area contributed by atoms with Crippen LogP contribution in [-0.2, 0) is 0 Å². The Morgan fingerprint density at radius 3 is 2.67 bits per heavy atom. The molecule has 1 aliphatic heterocycles. The fourth-order valence-corrected chi connectivity index (χ4v) is 2.21. The molecule has 2 aromatic rings. The summed E-state index contributed by atoms with van der Waals surface area (Å²) in [6.07, 6.45) is 0. The minimum absolute atomic E-state index is 1.20. The van der Waals surface area contributed by atoms with E-state index in [0.29, 0.717) is 0 Å². The zero-order valence-electron chi connectivity index (χ0n) is 8.96. The molecular formula is C14H13N. The van der Waals surface area contributed by atoms with Gasteiger partial charge in [0.05, 0.1) is 0 Å². The van der Waals surface area contributed by atoms with Crippen LogP contribution in [0.1, 0.15) is 19.4 Å².